The summed E-state index contributed by atoms with van der Waals surface area (Å²) in [7, 11) is 0. The fourth-order valence-electron chi connectivity index (χ4n) is 6.98. The van der Waals surface area contributed by atoms with Gasteiger partial charge in [0, 0.05) is 19.3 Å². The number of hydrogen-bond acceptors (Lipinski definition) is 6. The Bertz CT molecular complexity index is 796. The molecule has 0 N–H and O–H groups in total. The standard InChI is InChI=1S/C47H90O6/c1-5-7-9-11-13-14-15-16-17-20-23-27-30-34-38-45(48)51-41-44(53-47(50)40-36-32-25-12-10-8-6-2)42-52-46(49)39-35-31-28-24-21-18-19-22-26-29-33-37-43(3)4/h43-44H,5-42H2,1-4H3/t44-/m1/s1. The number of carbonyl (C=O) groups is 3. The molecule has 0 unspecified atom stereocenters. The predicted octanol–water partition coefficient (Wildman–Crippen LogP) is 14.7. The second kappa shape index (κ2) is 41.6. The Morgan fingerprint density at radius 3 is 0.925 bits per heavy atom. The van der Waals surface area contributed by atoms with E-state index in [-0.39, 0.29) is 31.1 Å². The molecule has 0 aliphatic carbocycles. The normalized spacial score (nSPS) is 11.9. The second-order valence-corrected chi connectivity index (χ2v) is 16.5. The molecule has 0 aromatic carbocycles. The van der Waals surface area contributed by atoms with E-state index < -0.39 is 6.10 Å². The lowest BCUT2D eigenvalue weighted by atomic mass is 10.0. The molecule has 6 heteroatoms. The lowest BCUT2D eigenvalue weighted by Gasteiger charge is -2.18. The van der Waals surface area contributed by atoms with Gasteiger partial charge in [0.15, 0.2) is 6.10 Å². The van der Waals surface area contributed by atoms with Crippen LogP contribution in [0.2, 0.25) is 0 Å². The van der Waals surface area contributed by atoms with E-state index in [9.17, 15) is 14.4 Å². The van der Waals surface area contributed by atoms with E-state index >= 15 is 0 Å². The van der Waals surface area contributed by atoms with Gasteiger partial charge in [0.2, 0.25) is 0 Å². The highest BCUT2D eigenvalue weighted by atomic mass is 16.6. The molecule has 0 saturated heterocycles. The lowest BCUT2D eigenvalue weighted by Crippen LogP contribution is -2.30. The summed E-state index contributed by atoms with van der Waals surface area (Å²) in [6, 6.07) is 0. The van der Waals surface area contributed by atoms with Crippen molar-refractivity contribution in [3.63, 3.8) is 0 Å². The summed E-state index contributed by atoms with van der Waals surface area (Å²) < 4.78 is 16.7. The van der Waals surface area contributed by atoms with Gasteiger partial charge in [0.25, 0.3) is 0 Å². The number of rotatable bonds is 42. The van der Waals surface area contributed by atoms with Gasteiger partial charge in [-0.3, -0.25) is 14.4 Å². The molecule has 0 rings (SSSR count). The van der Waals surface area contributed by atoms with Crippen LogP contribution < -0.4 is 0 Å². The molecule has 0 radical (unpaired) electrons. The molecule has 0 amide bonds. The van der Waals surface area contributed by atoms with Crippen LogP contribution in [0.15, 0.2) is 0 Å². The molecule has 0 bridgehead atoms. The summed E-state index contributed by atoms with van der Waals surface area (Å²) in [6.45, 7) is 8.96. The van der Waals surface area contributed by atoms with Crippen molar-refractivity contribution in [1.82, 2.24) is 0 Å². The lowest BCUT2D eigenvalue weighted by molar-refractivity contribution is -0.167. The molecule has 0 heterocycles. The molecule has 6 nitrogen and oxygen atoms in total. The summed E-state index contributed by atoms with van der Waals surface area (Å²) in [4.78, 5) is 37.6. The maximum Gasteiger partial charge on any atom is 0.306 e. The maximum absolute atomic E-state index is 12.6. The molecule has 0 aliphatic rings. The van der Waals surface area contributed by atoms with Crippen molar-refractivity contribution in [3.8, 4) is 0 Å². The van der Waals surface area contributed by atoms with Crippen LogP contribution in [0.3, 0.4) is 0 Å². The van der Waals surface area contributed by atoms with Crippen LogP contribution in [-0.4, -0.2) is 37.2 Å². The third-order valence-corrected chi connectivity index (χ3v) is 10.5. The van der Waals surface area contributed by atoms with E-state index in [1.54, 1.807) is 0 Å². The average molecular weight is 751 g/mol. The topological polar surface area (TPSA) is 78.9 Å². The number of unbranched alkanes of at least 4 members (excludes halogenated alkanes) is 29. The Kier molecular flexibility index (Phi) is 40.3. The van der Waals surface area contributed by atoms with Crippen LogP contribution in [0.1, 0.15) is 259 Å². The van der Waals surface area contributed by atoms with Crippen molar-refractivity contribution in [2.45, 2.75) is 265 Å². The van der Waals surface area contributed by atoms with Crippen molar-refractivity contribution in [3.05, 3.63) is 0 Å². The fraction of sp³-hybridized carbons (Fsp3) is 0.936. The van der Waals surface area contributed by atoms with E-state index in [2.05, 4.69) is 27.7 Å². The first-order valence-electron chi connectivity index (χ1n) is 23.4. The first kappa shape index (κ1) is 51.4. The van der Waals surface area contributed by atoms with Crippen molar-refractivity contribution in [2.24, 2.45) is 5.92 Å². The molecule has 314 valence electrons. The minimum absolute atomic E-state index is 0.0641. The average Bonchev–Trinajstić information content (AvgIpc) is 3.14. The Balaban J connectivity index is 4.22. The molecule has 1 atom stereocenters. The third kappa shape index (κ3) is 41.4. The van der Waals surface area contributed by atoms with Crippen molar-refractivity contribution < 1.29 is 28.6 Å². The van der Waals surface area contributed by atoms with Gasteiger partial charge in [-0.1, -0.05) is 220 Å². The molecular weight excluding hydrogens is 661 g/mol. The monoisotopic (exact) mass is 751 g/mol. The van der Waals surface area contributed by atoms with Gasteiger partial charge in [-0.15, -0.1) is 0 Å². The van der Waals surface area contributed by atoms with Gasteiger partial charge in [0.05, 0.1) is 0 Å². The van der Waals surface area contributed by atoms with E-state index in [1.807, 2.05) is 0 Å². The number of hydrogen-bond donors (Lipinski definition) is 0. The Morgan fingerprint density at radius 2 is 0.623 bits per heavy atom. The highest BCUT2D eigenvalue weighted by Crippen LogP contribution is 2.16. The zero-order valence-corrected chi connectivity index (χ0v) is 36.0. The van der Waals surface area contributed by atoms with E-state index in [4.69, 9.17) is 14.2 Å². The summed E-state index contributed by atoms with van der Waals surface area (Å²) in [6.07, 6.45) is 41.0. The largest absolute Gasteiger partial charge is 0.462 e. The summed E-state index contributed by atoms with van der Waals surface area (Å²) >= 11 is 0. The number of esters is 3. The SMILES string of the molecule is CCCCCCCCCCCCCCCCC(=O)OC[C@H](COC(=O)CCCCCCCCCCCCCC(C)C)OC(=O)CCCCCCCCC. The molecule has 0 saturated carbocycles. The van der Waals surface area contributed by atoms with Crippen molar-refractivity contribution in [1.29, 1.82) is 0 Å². The highest BCUT2D eigenvalue weighted by Gasteiger charge is 2.19. The zero-order chi connectivity index (χ0) is 38.9. The molecule has 0 fully saturated rings. The minimum Gasteiger partial charge on any atom is -0.462 e. The highest BCUT2D eigenvalue weighted by molar-refractivity contribution is 5.71. The van der Waals surface area contributed by atoms with E-state index in [0.29, 0.717) is 19.3 Å². The Hall–Kier alpha value is -1.59. The van der Waals surface area contributed by atoms with Crippen LogP contribution in [0.5, 0.6) is 0 Å². The van der Waals surface area contributed by atoms with Gasteiger partial charge in [-0.25, -0.2) is 0 Å². The van der Waals surface area contributed by atoms with Crippen molar-refractivity contribution in [2.75, 3.05) is 13.2 Å². The zero-order valence-electron chi connectivity index (χ0n) is 36.0. The Labute approximate surface area is 329 Å². The van der Waals surface area contributed by atoms with Gasteiger partial charge < -0.3 is 14.2 Å². The molecule has 53 heavy (non-hydrogen) atoms. The van der Waals surface area contributed by atoms with Crippen LogP contribution in [0.25, 0.3) is 0 Å². The summed E-state index contributed by atoms with van der Waals surface area (Å²) in [5.41, 5.74) is 0. The van der Waals surface area contributed by atoms with E-state index in [1.165, 1.54) is 154 Å². The quantitative estimate of drug-likeness (QED) is 0.0351. The second-order valence-electron chi connectivity index (χ2n) is 16.5. The maximum atomic E-state index is 12.6. The van der Waals surface area contributed by atoms with Crippen LogP contribution in [0.4, 0.5) is 0 Å². The summed E-state index contributed by atoms with van der Waals surface area (Å²) in [5.74, 6) is -0.0317. The third-order valence-electron chi connectivity index (χ3n) is 10.5. The van der Waals surface area contributed by atoms with Gasteiger partial charge in [-0.05, 0) is 25.2 Å². The predicted molar refractivity (Wildman–Crippen MR) is 224 cm³/mol. The molecule has 0 aromatic heterocycles. The van der Waals surface area contributed by atoms with Crippen molar-refractivity contribution >= 4 is 17.9 Å². The molecule has 0 spiro atoms. The minimum atomic E-state index is -0.758. The Morgan fingerprint density at radius 1 is 0.358 bits per heavy atom. The van der Waals surface area contributed by atoms with E-state index in [0.717, 1.165) is 63.7 Å². The van der Waals surface area contributed by atoms with Crippen LogP contribution in [0, 0.1) is 5.92 Å². The number of ether oxygens (including phenoxy) is 3. The summed E-state index contributed by atoms with van der Waals surface area (Å²) in [5, 5.41) is 0. The first-order valence-corrected chi connectivity index (χ1v) is 23.4. The fourth-order valence-corrected chi connectivity index (χ4v) is 6.98. The van der Waals surface area contributed by atoms with Gasteiger partial charge in [-0.2, -0.15) is 0 Å². The van der Waals surface area contributed by atoms with Crippen LogP contribution >= 0.6 is 0 Å². The molecular formula is C47H90O6. The molecule has 0 aliphatic heterocycles. The number of carbonyl (C=O) groups excluding carboxylic acids is 3. The first-order chi connectivity index (χ1) is 25.9. The van der Waals surface area contributed by atoms with Crippen LogP contribution in [-0.2, 0) is 28.6 Å². The van der Waals surface area contributed by atoms with Gasteiger partial charge >= 0.3 is 17.9 Å². The molecule has 0 aromatic rings. The van der Waals surface area contributed by atoms with Gasteiger partial charge in [0.1, 0.15) is 13.2 Å². The smallest absolute Gasteiger partial charge is 0.306 e.